The van der Waals surface area contributed by atoms with Crippen LogP contribution in [-0.2, 0) is 16.0 Å². The summed E-state index contributed by atoms with van der Waals surface area (Å²) in [6, 6.07) is 5.52. The van der Waals surface area contributed by atoms with Gasteiger partial charge in [0.1, 0.15) is 24.3 Å². The summed E-state index contributed by atoms with van der Waals surface area (Å²) in [5.41, 5.74) is 7.98. The SMILES string of the molecule is COc1ccc(CC(N)C(=O)N[C@@H]2C(O)[C@H](n3cnc4c(N(C)C)ncnc43)O[C@@H]2CO)cc1. The zero-order valence-corrected chi connectivity index (χ0v) is 19.2. The maximum absolute atomic E-state index is 12.8. The third kappa shape index (κ3) is 4.53. The van der Waals surface area contributed by atoms with Crippen LogP contribution in [0.3, 0.4) is 0 Å². The Morgan fingerprint density at radius 3 is 2.68 bits per heavy atom. The highest BCUT2D eigenvalue weighted by atomic mass is 16.5. The summed E-state index contributed by atoms with van der Waals surface area (Å²) in [5, 5.41) is 23.6. The predicted molar refractivity (Wildman–Crippen MR) is 123 cm³/mol. The van der Waals surface area contributed by atoms with Gasteiger partial charge in [-0.3, -0.25) is 9.36 Å². The quantitative estimate of drug-likeness (QED) is 0.328. The molecule has 2 unspecified atom stereocenters. The fourth-order valence-electron chi connectivity index (χ4n) is 4.04. The number of nitrogens with one attached hydrogen (secondary N) is 1. The number of aliphatic hydroxyl groups is 2. The van der Waals surface area contributed by atoms with Crippen LogP contribution in [0, 0.1) is 0 Å². The molecule has 1 aliphatic rings. The number of ether oxygens (including phenoxy) is 2. The van der Waals surface area contributed by atoms with E-state index in [1.807, 2.05) is 26.2 Å². The summed E-state index contributed by atoms with van der Waals surface area (Å²) in [7, 11) is 5.25. The summed E-state index contributed by atoms with van der Waals surface area (Å²) in [4.78, 5) is 27.5. The average Bonchev–Trinajstić information content (AvgIpc) is 3.40. The lowest BCUT2D eigenvalue weighted by Crippen LogP contribution is -2.53. The van der Waals surface area contributed by atoms with Crippen LogP contribution >= 0.6 is 0 Å². The third-order valence-electron chi connectivity index (χ3n) is 5.85. The van der Waals surface area contributed by atoms with Gasteiger partial charge in [-0.15, -0.1) is 0 Å². The van der Waals surface area contributed by atoms with Crippen LogP contribution in [0.2, 0.25) is 0 Å². The van der Waals surface area contributed by atoms with Gasteiger partial charge in [-0.2, -0.15) is 0 Å². The molecule has 1 fully saturated rings. The summed E-state index contributed by atoms with van der Waals surface area (Å²) >= 11 is 0. The maximum atomic E-state index is 12.8. The first-order valence-corrected chi connectivity index (χ1v) is 10.8. The Labute approximate surface area is 196 Å². The number of rotatable bonds is 8. The van der Waals surface area contributed by atoms with Crippen LogP contribution in [-0.4, -0.2) is 87.7 Å². The molecule has 12 nitrogen and oxygen atoms in total. The molecule has 5 atom stereocenters. The summed E-state index contributed by atoms with van der Waals surface area (Å²) in [6.07, 6.45) is 0.250. The molecule has 12 heteroatoms. The topological polar surface area (TPSA) is 161 Å². The summed E-state index contributed by atoms with van der Waals surface area (Å²) in [5.74, 6) is 0.861. The largest absolute Gasteiger partial charge is 0.497 e. The molecule has 1 saturated heterocycles. The molecule has 5 N–H and O–H groups in total. The summed E-state index contributed by atoms with van der Waals surface area (Å²) in [6.45, 7) is -0.406. The third-order valence-corrected chi connectivity index (χ3v) is 5.85. The zero-order chi connectivity index (χ0) is 24.4. The lowest BCUT2D eigenvalue weighted by Gasteiger charge is -2.23. The highest BCUT2D eigenvalue weighted by molar-refractivity contribution is 5.83. The van der Waals surface area contributed by atoms with E-state index >= 15 is 0 Å². The number of anilines is 1. The minimum absolute atomic E-state index is 0.295. The van der Waals surface area contributed by atoms with Crippen molar-refractivity contribution in [2.45, 2.75) is 36.9 Å². The van der Waals surface area contributed by atoms with Gasteiger partial charge in [-0.1, -0.05) is 12.1 Å². The average molecular weight is 472 g/mol. The van der Waals surface area contributed by atoms with E-state index in [0.717, 1.165) is 5.56 Å². The molecule has 0 aliphatic carbocycles. The van der Waals surface area contributed by atoms with Crippen molar-refractivity contribution >= 4 is 22.9 Å². The van der Waals surface area contributed by atoms with Gasteiger partial charge in [0.2, 0.25) is 5.91 Å². The predicted octanol–water partition coefficient (Wildman–Crippen LogP) is -0.794. The van der Waals surface area contributed by atoms with Crippen LogP contribution in [0.1, 0.15) is 11.8 Å². The number of fused-ring (bicyclic) bond motifs is 1. The van der Waals surface area contributed by atoms with Crippen molar-refractivity contribution in [3.8, 4) is 5.75 Å². The first kappa shape index (κ1) is 23.8. The second kappa shape index (κ2) is 9.89. The van der Waals surface area contributed by atoms with Crippen molar-refractivity contribution in [3.63, 3.8) is 0 Å². The monoisotopic (exact) mass is 471 g/mol. The fraction of sp³-hybridized carbons (Fsp3) is 0.455. The smallest absolute Gasteiger partial charge is 0.237 e. The van der Waals surface area contributed by atoms with Crippen molar-refractivity contribution in [2.75, 3.05) is 32.7 Å². The Bertz CT molecular complexity index is 1140. The van der Waals surface area contributed by atoms with Gasteiger partial charge in [0.25, 0.3) is 0 Å². The fourth-order valence-corrected chi connectivity index (χ4v) is 4.04. The van der Waals surface area contributed by atoms with Crippen molar-refractivity contribution in [2.24, 2.45) is 5.73 Å². The van der Waals surface area contributed by atoms with Crippen molar-refractivity contribution in [1.29, 1.82) is 0 Å². The Kier molecular flexibility index (Phi) is 6.93. The van der Waals surface area contributed by atoms with E-state index in [0.29, 0.717) is 29.2 Å². The molecule has 0 saturated carbocycles. The molecule has 0 spiro atoms. The molecule has 1 aromatic carbocycles. The van der Waals surface area contributed by atoms with Gasteiger partial charge >= 0.3 is 0 Å². The molecule has 34 heavy (non-hydrogen) atoms. The van der Waals surface area contributed by atoms with Gasteiger partial charge in [0.05, 0.1) is 32.1 Å². The molecule has 2 aromatic heterocycles. The van der Waals surface area contributed by atoms with Crippen LogP contribution in [0.5, 0.6) is 5.75 Å². The molecule has 0 bridgehead atoms. The number of aromatic nitrogens is 4. The Morgan fingerprint density at radius 2 is 2.03 bits per heavy atom. The molecule has 3 aromatic rings. The molecule has 1 amide bonds. The maximum Gasteiger partial charge on any atom is 0.237 e. The van der Waals surface area contributed by atoms with E-state index in [1.165, 1.54) is 12.7 Å². The lowest BCUT2D eigenvalue weighted by molar-refractivity contribution is -0.124. The number of methoxy groups -OCH3 is 1. The Morgan fingerprint density at radius 1 is 1.29 bits per heavy atom. The second-order valence-electron chi connectivity index (χ2n) is 8.35. The molecular formula is C22H29N7O5. The van der Waals surface area contributed by atoms with Gasteiger partial charge in [0, 0.05) is 14.1 Å². The first-order valence-electron chi connectivity index (χ1n) is 10.8. The number of carbonyl (C=O) groups excluding carboxylic acids is 1. The molecular weight excluding hydrogens is 442 g/mol. The standard InChI is InChI=1S/C22H29N7O5/c1-28(2)19-17-20(25-10-24-19)29(11-26-17)22-18(31)16(15(9-30)34-22)27-21(32)14(23)8-12-4-6-13(33-3)7-5-12/h4-7,10-11,14-16,18,22,30-31H,8-9,23H2,1-3H3,(H,27,32)/t14?,15-,16+,18?,22-/m1/s1. The van der Waals surface area contributed by atoms with Gasteiger partial charge in [-0.05, 0) is 24.1 Å². The number of imidazole rings is 1. The number of carbonyl (C=O) groups is 1. The van der Waals surface area contributed by atoms with Crippen LogP contribution in [0.25, 0.3) is 11.2 Å². The van der Waals surface area contributed by atoms with E-state index in [4.69, 9.17) is 15.2 Å². The van der Waals surface area contributed by atoms with E-state index in [-0.39, 0.29) is 0 Å². The highest BCUT2D eigenvalue weighted by Gasteiger charge is 2.46. The van der Waals surface area contributed by atoms with Crippen LogP contribution in [0.4, 0.5) is 5.82 Å². The Balaban J connectivity index is 1.49. The van der Waals surface area contributed by atoms with Crippen molar-refractivity contribution < 1.29 is 24.5 Å². The van der Waals surface area contributed by atoms with Gasteiger partial charge in [-0.25, -0.2) is 15.0 Å². The zero-order valence-electron chi connectivity index (χ0n) is 19.2. The van der Waals surface area contributed by atoms with Crippen LogP contribution < -0.4 is 20.7 Å². The van der Waals surface area contributed by atoms with E-state index < -0.39 is 43.0 Å². The number of benzene rings is 1. The van der Waals surface area contributed by atoms with E-state index in [9.17, 15) is 15.0 Å². The normalized spacial score (nSPS) is 23.1. The van der Waals surface area contributed by atoms with E-state index in [2.05, 4.69) is 20.3 Å². The molecule has 3 heterocycles. The molecule has 1 aliphatic heterocycles. The molecule has 182 valence electrons. The number of hydrogen-bond donors (Lipinski definition) is 4. The number of nitrogens with zero attached hydrogens (tertiary/aromatic N) is 5. The number of aliphatic hydroxyl groups excluding tert-OH is 2. The van der Waals surface area contributed by atoms with E-state index in [1.54, 1.807) is 28.7 Å². The van der Waals surface area contributed by atoms with Crippen LogP contribution in [0.15, 0.2) is 36.9 Å². The number of nitrogens with two attached hydrogens (primary N) is 1. The summed E-state index contributed by atoms with van der Waals surface area (Å²) < 4.78 is 12.6. The number of amides is 1. The second-order valence-corrected chi connectivity index (χ2v) is 8.35. The molecule has 0 radical (unpaired) electrons. The lowest BCUT2D eigenvalue weighted by atomic mass is 10.0. The molecule has 4 rings (SSSR count). The van der Waals surface area contributed by atoms with Gasteiger partial charge < -0.3 is 35.6 Å². The first-order chi connectivity index (χ1) is 16.3. The minimum Gasteiger partial charge on any atom is -0.497 e. The highest BCUT2D eigenvalue weighted by Crippen LogP contribution is 2.32. The number of hydrogen-bond acceptors (Lipinski definition) is 10. The minimum atomic E-state index is -1.18. The van der Waals surface area contributed by atoms with Gasteiger partial charge in [0.15, 0.2) is 23.2 Å². The van der Waals surface area contributed by atoms with Crippen molar-refractivity contribution in [3.05, 3.63) is 42.5 Å². The van der Waals surface area contributed by atoms with Crippen molar-refractivity contribution in [1.82, 2.24) is 24.8 Å². The Hall–Kier alpha value is -3.32.